The lowest BCUT2D eigenvalue weighted by Crippen LogP contribution is -2.27. The van der Waals surface area contributed by atoms with Crippen molar-refractivity contribution in [2.75, 3.05) is 23.3 Å². The van der Waals surface area contributed by atoms with Gasteiger partial charge in [-0.3, -0.25) is 0 Å². The van der Waals surface area contributed by atoms with Crippen LogP contribution in [0.3, 0.4) is 0 Å². The Morgan fingerprint density at radius 2 is 1.86 bits per heavy atom. The van der Waals surface area contributed by atoms with Crippen LogP contribution in [0, 0.1) is 0 Å². The molecule has 0 aliphatic carbocycles. The summed E-state index contributed by atoms with van der Waals surface area (Å²) in [7, 11) is 0. The van der Waals surface area contributed by atoms with Gasteiger partial charge in [0.25, 0.3) is 0 Å². The maximum atomic E-state index is 13.0. The largest absolute Gasteiger partial charge is 0.419 e. The minimum Gasteiger partial charge on any atom is -0.369 e. The molecule has 0 amide bonds. The zero-order valence-corrected chi connectivity index (χ0v) is 11.8. The number of hydrogen-bond donors (Lipinski definition) is 1. The summed E-state index contributed by atoms with van der Waals surface area (Å²) < 4.78 is 38.9. The van der Waals surface area contributed by atoms with E-state index in [1.54, 1.807) is 0 Å². The van der Waals surface area contributed by atoms with E-state index in [1.807, 2.05) is 30.3 Å². The molecule has 1 aliphatic rings. The predicted octanol–water partition coefficient (Wildman–Crippen LogP) is 3.79. The van der Waals surface area contributed by atoms with E-state index in [2.05, 4.69) is 15.2 Å². The third-order valence-corrected chi connectivity index (χ3v) is 3.76. The second kappa shape index (κ2) is 5.87. The van der Waals surface area contributed by atoms with Crippen LogP contribution in [-0.4, -0.2) is 24.1 Å². The van der Waals surface area contributed by atoms with Crippen LogP contribution < -0.4 is 10.2 Å². The number of alkyl halides is 3. The van der Waals surface area contributed by atoms with Crippen LogP contribution >= 0.6 is 0 Å². The van der Waals surface area contributed by atoms with E-state index in [1.165, 1.54) is 12.3 Å². The first-order valence-corrected chi connectivity index (χ1v) is 7.13. The molecule has 1 aromatic heterocycles. The maximum absolute atomic E-state index is 13.0. The van der Waals surface area contributed by atoms with Gasteiger partial charge in [-0.25, -0.2) is 4.98 Å². The molecule has 2 aromatic rings. The number of benzene rings is 1. The second-order valence-corrected chi connectivity index (χ2v) is 5.31. The van der Waals surface area contributed by atoms with Gasteiger partial charge in [0.05, 0.1) is 5.56 Å². The van der Waals surface area contributed by atoms with Gasteiger partial charge < -0.3 is 10.2 Å². The zero-order valence-electron chi connectivity index (χ0n) is 11.8. The number of rotatable bonds is 3. The van der Waals surface area contributed by atoms with Crippen molar-refractivity contribution >= 4 is 11.5 Å². The molecule has 1 aliphatic heterocycles. The molecule has 3 rings (SSSR count). The Hall–Kier alpha value is -2.24. The van der Waals surface area contributed by atoms with Crippen LogP contribution in [0.5, 0.6) is 0 Å². The molecule has 0 bridgehead atoms. The molecular formula is C16H16F3N3. The lowest BCUT2D eigenvalue weighted by Gasteiger charge is -2.20. The number of aromatic nitrogens is 1. The van der Waals surface area contributed by atoms with Gasteiger partial charge in [0, 0.05) is 31.0 Å². The van der Waals surface area contributed by atoms with E-state index in [0.29, 0.717) is 6.54 Å². The Kier molecular flexibility index (Phi) is 3.92. The predicted molar refractivity (Wildman–Crippen MR) is 79.9 cm³/mol. The Morgan fingerprint density at radius 3 is 2.59 bits per heavy atom. The first-order chi connectivity index (χ1) is 10.5. The van der Waals surface area contributed by atoms with Crippen LogP contribution in [-0.2, 0) is 6.18 Å². The monoisotopic (exact) mass is 307 g/mol. The normalized spacial score (nSPS) is 18.5. The maximum Gasteiger partial charge on any atom is 0.419 e. The molecule has 0 saturated carbocycles. The molecule has 6 heteroatoms. The molecule has 0 radical (unpaired) electrons. The van der Waals surface area contributed by atoms with Crippen molar-refractivity contribution in [2.45, 2.75) is 18.6 Å². The molecule has 22 heavy (non-hydrogen) atoms. The highest BCUT2D eigenvalue weighted by Gasteiger charge is 2.35. The quantitative estimate of drug-likeness (QED) is 0.935. The summed E-state index contributed by atoms with van der Waals surface area (Å²) in [5.74, 6) is -0.0880. The zero-order chi connectivity index (χ0) is 15.6. The second-order valence-electron chi connectivity index (χ2n) is 5.31. The van der Waals surface area contributed by atoms with Crippen molar-refractivity contribution in [1.82, 2.24) is 4.98 Å². The van der Waals surface area contributed by atoms with E-state index in [0.717, 1.165) is 24.7 Å². The van der Waals surface area contributed by atoms with E-state index in [9.17, 15) is 13.2 Å². The molecule has 2 heterocycles. The van der Waals surface area contributed by atoms with E-state index in [4.69, 9.17) is 0 Å². The number of nitrogens with zero attached hydrogens (tertiary/aromatic N) is 2. The number of hydrogen-bond acceptors (Lipinski definition) is 3. The number of nitrogens with one attached hydrogen (secondary N) is 1. The number of halogens is 3. The minimum atomic E-state index is -4.39. The van der Waals surface area contributed by atoms with Crippen LogP contribution in [0.2, 0.25) is 0 Å². The molecule has 1 N–H and O–H groups in total. The Morgan fingerprint density at radius 1 is 1.09 bits per heavy atom. The third-order valence-electron chi connectivity index (χ3n) is 3.76. The Bertz CT molecular complexity index is 628. The Labute approximate surface area is 126 Å². The molecule has 1 atom stereocenters. The molecule has 1 unspecified atom stereocenters. The fourth-order valence-corrected chi connectivity index (χ4v) is 2.69. The molecule has 0 spiro atoms. The molecule has 3 nitrogen and oxygen atoms in total. The van der Waals surface area contributed by atoms with Crippen molar-refractivity contribution in [2.24, 2.45) is 0 Å². The summed E-state index contributed by atoms with van der Waals surface area (Å²) in [6.07, 6.45) is -2.24. The number of pyridine rings is 1. The van der Waals surface area contributed by atoms with Gasteiger partial charge in [0.15, 0.2) is 0 Å². The van der Waals surface area contributed by atoms with Crippen molar-refractivity contribution in [3.05, 3.63) is 54.2 Å². The molecule has 116 valence electrons. The SMILES string of the molecule is FC(F)(F)c1cccnc1NC1CCN(c2ccccc2)C1. The summed E-state index contributed by atoms with van der Waals surface area (Å²) in [6, 6.07) is 12.2. The van der Waals surface area contributed by atoms with E-state index < -0.39 is 11.7 Å². The van der Waals surface area contributed by atoms with Crippen molar-refractivity contribution in [3.8, 4) is 0 Å². The summed E-state index contributed by atoms with van der Waals surface area (Å²) >= 11 is 0. The first-order valence-electron chi connectivity index (χ1n) is 7.13. The first kappa shape index (κ1) is 14.7. The fraction of sp³-hybridized carbons (Fsp3) is 0.312. The van der Waals surface area contributed by atoms with Crippen molar-refractivity contribution in [1.29, 1.82) is 0 Å². The van der Waals surface area contributed by atoms with Gasteiger partial charge in [-0.2, -0.15) is 13.2 Å². The average Bonchev–Trinajstić information content (AvgIpc) is 2.96. The number of para-hydroxylation sites is 1. The van der Waals surface area contributed by atoms with E-state index in [-0.39, 0.29) is 11.9 Å². The standard InChI is InChI=1S/C16H16F3N3/c17-16(18,19)14-7-4-9-20-15(14)21-12-8-10-22(11-12)13-5-2-1-3-6-13/h1-7,9,12H,8,10-11H2,(H,20,21). The summed E-state index contributed by atoms with van der Waals surface area (Å²) in [5, 5.41) is 2.94. The van der Waals surface area contributed by atoms with Gasteiger partial charge in [0.2, 0.25) is 0 Å². The summed E-state index contributed by atoms with van der Waals surface area (Å²) in [5.41, 5.74) is 0.372. The van der Waals surface area contributed by atoms with E-state index >= 15 is 0 Å². The lowest BCUT2D eigenvalue weighted by molar-refractivity contribution is -0.137. The smallest absolute Gasteiger partial charge is 0.369 e. The number of anilines is 2. The van der Waals surface area contributed by atoms with Gasteiger partial charge >= 0.3 is 6.18 Å². The summed E-state index contributed by atoms with van der Waals surface area (Å²) in [6.45, 7) is 1.48. The van der Waals surface area contributed by atoms with Gasteiger partial charge in [-0.1, -0.05) is 18.2 Å². The topological polar surface area (TPSA) is 28.2 Å². The van der Waals surface area contributed by atoms with Crippen molar-refractivity contribution in [3.63, 3.8) is 0 Å². The molecule has 1 aromatic carbocycles. The van der Waals surface area contributed by atoms with Gasteiger partial charge in [-0.05, 0) is 30.7 Å². The van der Waals surface area contributed by atoms with Gasteiger partial charge in [0.1, 0.15) is 5.82 Å². The van der Waals surface area contributed by atoms with Crippen molar-refractivity contribution < 1.29 is 13.2 Å². The summed E-state index contributed by atoms with van der Waals surface area (Å²) in [4.78, 5) is 6.02. The molecular weight excluding hydrogens is 291 g/mol. The third kappa shape index (κ3) is 3.16. The fourth-order valence-electron chi connectivity index (χ4n) is 2.69. The van der Waals surface area contributed by atoms with Crippen LogP contribution in [0.4, 0.5) is 24.7 Å². The van der Waals surface area contributed by atoms with Crippen LogP contribution in [0.1, 0.15) is 12.0 Å². The van der Waals surface area contributed by atoms with Gasteiger partial charge in [-0.15, -0.1) is 0 Å². The average molecular weight is 307 g/mol. The minimum absolute atomic E-state index is 0.0452. The van der Waals surface area contributed by atoms with Crippen LogP contribution in [0.25, 0.3) is 0 Å². The Balaban J connectivity index is 1.71. The highest BCUT2D eigenvalue weighted by atomic mass is 19.4. The highest BCUT2D eigenvalue weighted by Crippen LogP contribution is 2.34. The molecule has 1 saturated heterocycles. The lowest BCUT2D eigenvalue weighted by atomic mass is 10.2. The van der Waals surface area contributed by atoms with Crippen LogP contribution in [0.15, 0.2) is 48.7 Å². The molecule has 1 fully saturated rings. The highest BCUT2D eigenvalue weighted by molar-refractivity contribution is 5.50.